The summed E-state index contributed by atoms with van der Waals surface area (Å²) in [5, 5.41) is 2.66. The Morgan fingerprint density at radius 3 is 2.36 bits per heavy atom. The van der Waals surface area contributed by atoms with Gasteiger partial charge in [-0.3, -0.25) is 6.08 Å². The molecular formula is C20H27CoSi. The Morgan fingerprint density at radius 1 is 0.955 bits per heavy atom. The van der Waals surface area contributed by atoms with E-state index < -0.39 is 0 Å². The van der Waals surface area contributed by atoms with Crippen LogP contribution in [0.1, 0.15) is 25.7 Å². The van der Waals surface area contributed by atoms with Crippen LogP contribution >= 0.6 is 0 Å². The van der Waals surface area contributed by atoms with Crippen LogP contribution in [0.2, 0.25) is 19.6 Å². The Labute approximate surface area is 148 Å². The van der Waals surface area contributed by atoms with E-state index in [0.29, 0.717) is 0 Å². The van der Waals surface area contributed by atoms with Crippen molar-refractivity contribution in [1.29, 1.82) is 0 Å². The molecule has 0 saturated carbocycles. The van der Waals surface area contributed by atoms with Crippen LogP contribution in [-0.2, 0) is 16.8 Å². The maximum Gasteiger partial charge on any atom is 2.00 e. The van der Waals surface area contributed by atoms with Crippen molar-refractivity contribution in [3.63, 3.8) is 0 Å². The largest absolute Gasteiger partial charge is 2.00 e. The van der Waals surface area contributed by atoms with Gasteiger partial charge in [-0.2, -0.15) is 23.9 Å². The molecule has 0 bridgehead atoms. The van der Waals surface area contributed by atoms with Crippen LogP contribution in [0, 0.1) is 6.08 Å². The molecule has 2 radical (unpaired) electrons. The summed E-state index contributed by atoms with van der Waals surface area (Å²) >= 11 is 0. The molecule has 2 aromatic rings. The van der Waals surface area contributed by atoms with Crippen LogP contribution in [0.3, 0.4) is 0 Å². The predicted molar refractivity (Wildman–Crippen MR) is 98.3 cm³/mol. The number of benzene rings is 1. The fraction of sp³-hybridized carbons (Fsp3) is 0.350. The molecule has 0 saturated heterocycles. The van der Waals surface area contributed by atoms with Crippen LogP contribution in [-0.4, -0.2) is 8.80 Å². The van der Waals surface area contributed by atoms with E-state index >= 15 is 0 Å². The first-order chi connectivity index (χ1) is 10.2. The van der Waals surface area contributed by atoms with Gasteiger partial charge in [0, 0.05) is 8.80 Å². The average Bonchev–Trinajstić information content (AvgIpc) is 2.86. The van der Waals surface area contributed by atoms with Crippen LogP contribution in [0.15, 0.2) is 60.7 Å². The number of hydrogen-bond donors (Lipinski definition) is 0. The maximum absolute atomic E-state index is 3.21. The van der Waals surface area contributed by atoms with E-state index in [0.717, 1.165) is 6.42 Å². The Kier molecular flexibility index (Phi) is 13.1. The van der Waals surface area contributed by atoms with Crippen molar-refractivity contribution in [1.82, 2.24) is 0 Å². The summed E-state index contributed by atoms with van der Waals surface area (Å²) in [5.41, 5.74) is 0. The van der Waals surface area contributed by atoms with Gasteiger partial charge in [0.2, 0.25) is 0 Å². The second-order valence-corrected chi connectivity index (χ2v) is 8.65. The van der Waals surface area contributed by atoms with Crippen LogP contribution in [0.4, 0.5) is 0 Å². The van der Waals surface area contributed by atoms with Gasteiger partial charge in [-0.25, -0.2) is 0 Å². The number of rotatable bonds is 0. The van der Waals surface area contributed by atoms with E-state index in [9.17, 15) is 0 Å². The molecule has 0 unspecified atom stereocenters. The van der Waals surface area contributed by atoms with Crippen molar-refractivity contribution in [3.8, 4) is 0 Å². The molecule has 0 N–H and O–H groups in total. The molecule has 3 rings (SSSR count). The molecule has 22 heavy (non-hydrogen) atoms. The average molecular weight is 354 g/mol. The molecule has 2 aromatic carbocycles. The predicted octanol–water partition coefficient (Wildman–Crippen LogP) is 6.40. The molecule has 1 aliphatic rings. The van der Waals surface area contributed by atoms with Crippen molar-refractivity contribution in [3.05, 3.63) is 66.8 Å². The molecule has 1 aliphatic carbocycles. The summed E-state index contributed by atoms with van der Waals surface area (Å²) < 4.78 is 0. The monoisotopic (exact) mass is 354 g/mol. The summed E-state index contributed by atoms with van der Waals surface area (Å²) in [5.74, 6) is 0. The Balaban J connectivity index is 0.000000317. The summed E-state index contributed by atoms with van der Waals surface area (Å²) in [6.07, 6.45) is 14.5. The van der Waals surface area contributed by atoms with E-state index in [1.807, 2.05) is 0 Å². The molecule has 0 amide bonds. The zero-order chi connectivity index (χ0) is 15.3. The van der Waals surface area contributed by atoms with Gasteiger partial charge in [0.1, 0.15) is 0 Å². The number of allylic oxidation sites excluding steroid dienone is 4. The topological polar surface area (TPSA) is 0 Å². The van der Waals surface area contributed by atoms with E-state index in [-0.39, 0.29) is 25.6 Å². The molecule has 0 aromatic heterocycles. The molecule has 0 atom stereocenters. The minimum absolute atomic E-state index is 0. The van der Waals surface area contributed by atoms with Gasteiger partial charge >= 0.3 is 16.8 Å². The first-order valence-corrected chi connectivity index (χ1v) is 10.8. The Hall–Kier alpha value is -0.967. The van der Waals surface area contributed by atoms with E-state index in [1.165, 1.54) is 30.0 Å². The Morgan fingerprint density at radius 2 is 1.64 bits per heavy atom. The number of hydrogen-bond acceptors (Lipinski definition) is 0. The first kappa shape index (κ1) is 21.0. The van der Waals surface area contributed by atoms with Crippen LogP contribution < -0.4 is 0 Å². The summed E-state index contributed by atoms with van der Waals surface area (Å²) in [6, 6.07) is 14.7. The quantitative estimate of drug-likeness (QED) is 0.292. The van der Waals surface area contributed by atoms with Gasteiger partial charge in [0.15, 0.2) is 0 Å². The van der Waals surface area contributed by atoms with Gasteiger partial charge in [0.25, 0.3) is 0 Å². The zero-order valence-corrected chi connectivity index (χ0v) is 16.0. The van der Waals surface area contributed by atoms with Gasteiger partial charge in [-0.05, 0) is 6.42 Å². The second kappa shape index (κ2) is 13.7. The van der Waals surface area contributed by atoms with E-state index in [2.05, 4.69) is 86.4 Å². The van der Waals surface area contributed by atoms with Gasteiger partial charge in [-0.1, -0.05) is 50.7 Å². The zero-order valence-electron chi connectivity index (χ0n) is 13.9. The summed E-state index contributed by atoms with van der Waals surface area (Å²) in [4.78, 5) is 0. The van der Waals surface area contributed by atoms with Crippen LogP contribution in [0.25, 0.3) is 10.8 Å². The standard InChI is InChI=1S/C9H7.C8H11.C3H9Si.Co/c1-2-5-9-7-3-6-8(9)4-1;1-2-4-6-8-7-5-3-1;1-4(2)3;/h1-7H;1-2,7H,3-6H2;1-3H3;/q2*-1;;+2. The Bertz CT molecular complexity index is 478. The fourth-order valence-corrected chi connectivity index (χ4v) is 1.86. The smallest absolute Gasteiger partial charge is 0.500 e. The minimum Gasteiger partial charge on any atom is -0.500 e. The van der Waals surface area contributed by atoms with Gasteiger partial charge in [0.05, 0.1) is 0 Å². The SMILES string of the molecule is C[Si](C)C.[C-]1=CCCC=CCC1.[Co+2].c1ccc2[cH-]ccc2c1. The van der Waals surface area contributed by atoms with Crippen LogP contribution in [0.5, 0.6) is 0 Å². The second-order valence-electron chi connectivity index (χ2n) is 5.65. The van der Waals surface area contributed by atoms with Crippen molar-refractivity contribution in [2.45, 2.75) is 45.3 Å². The first-order valence-electron chi connectivity index (χ1n) is 7.77. The fourth-order valence-electron chi connectivity index (χ4n) is 1.86. The molecule has 0 heterocycles. The molecule has 0 aliphatic heterocycles. The third-order valence-corrected chi connectivity index (χ3v) is 2.79. The van der Waals surface area contributed by atoms with Crippen molar-refractivity contribution in [2.75, 3.05) is 0 Å². The molecule has 0 spiro atoms. The molecular weight excluding hydrogens is 327 g/mol. The van der Waals surface area contributed by atoms with Crippen molar-refractivity contribution in [2.24, 2.45) is 0 Å². The van der Waals surface area contributed by atoms with Crippen molar-refractivity contribution >= 4 is 19.6 Å². The van der Waals surface area contributed by atoms with E-state index in [4.69, 9.17) is 0 Å². The number of fused-ring (bicyclic) bond motifs is 1. The molecule has 0 nitrogen and oxygen atoms in total. The minimum atomic E-state index is 0. The summed E-state index contributed by atoms with van der Waals surface area (Å²) in [7, 11) is 0.120. The molecule has 120 valence electrons. The molecule has 2 heteroatoms. The third-order valence-electron chi connectivity index (χ3n) is 2.79. The molecule has 0 fully saturated rings. The third kappa shape index (κ3) is 10.7. The summed E-state index contributed by atoms with van der Waals surface area (Å²) in [6.45, 7) is 6.81. The van der Waals surface area contributed by atoms with E-state index in [1.54, 1.807) is 0 Å². The maximum atomic E-state index is 3.21. The van der Waals surface area contributed by atoms with Gasteiger partial charge in [-0.15, -0.1) is 29.7 Å². The van der Waals surface area contributed by atoms with Gasteiger partial charge < -0.3 is 6.08 Å². The van der Waals surface area contributed by atoms with Crippen molar-refractivity contribution < 1.29 is 16.8 Å². The normalized spacial score (nSPS) is 13.1.